The van der Waals surface area contributed by atoms with E-state index in [4.69, 9.17) is 9.47 Å². The van der Waals surface area contributed by atoms with Crippen LogP contribution in [0.1, 0.15) is 29.2 Å². The van der Waals surface area contributed by atoms with Crippen molar-refractivity contribution in [3.8, 4) is 0 Å². The summed E-state index contributed by atoms with van der Waals surface area (Å²) in [5.41, 5.74) is 5.14. The number of fused-ring (bicyclic) bond motifs is 2. The van der Waals surface area contributed by atoms with Gasteiger partial charge >= 0.3 is 5.97 Å². The summed E-state index contributed by atoms with van der Waals surface area (Å²) in [5, 5.41) is 16.1. The molecule has 0 aromatic heterocycles. The van der Waals surface area contributed by atoms with Gasteiger partial charge in [0, 0.05) is 11.3 Å². The largest absolute Gasteiger partial charge is 0.467 e. The Hall–Kier alpha value is -3.16. The van der Waals surface area contributed by atoms with E-state index in [0.717, 1.165) is 22.3 Å². The van der Waals surface area contributed by atoms with Crippen molar-refractivity contribution in [2.24, 2.45) is 0 Å². The Morgan fingerprint density at radius 2 is 1.97 bits per heavy atom. The molecule has 2 heterocycles. The van der Waals surface area contributed by atoms with E-state index in [0.29, 0.717) is 30.2 Å². The topological polar surface area (TPSA) is 96.9 Å². The van der Waals surface area contributed by atoms with E-state index in [1.54, 1.807) is 0 Å². The molecule has 7 nitrogen and oxygen atoms in total. The van der Waals surface area contributed by atoms with E-state index in [2.05, 4.69) is 10.6 Å². The fourth-order valence-corrected chi connectivity index (χ4v) is 3.65. The molecular formula is C22H22N2O5. The Kier molecular flexibility index (Phi) is 5.08. The molecule has 0 saturated heterocycles. The van der Waals surface area contributed by atoms with Crippen LogP contribution in [0.3, 0.4) is 0 Å². The van der Waals surface area contributed by atoms with Crippen LogP contribution in [0, 0.1) is 0 Å². The van der Waals surface area contributed by atoms with Gasteiger partial charge in [-0.1, -0.05) is 30.3 Å². The maximum Gasteiger partial charge on any atom is 0.330 e. The van der Waals surface area contributed by atoms with Crippen LogP contribution >= 0.6 is 0 Å². The summed E-state index contributed by atoms with van der Waals surface area (Å²) in [7, 11) is 1.26. The predicted molar refractivity (Wildman–Crippen MR) is 107 cm³/mol. The lowest BCUT2D eigenvalue weighted by molar-refractivity contribution is -0.145. The first-order chi connectivity index (χ1) is 14.0. The fourth-order valence-electron chi connectivity index (χ4n) is 3.65. The monoisotopic (exact) mass is 394 g/mol. The quantitative estimate of drug-likeness (QED) is 0.531. The molecule has 4 rings (SSSR count). The summed E-state index contributed by atoms with van der Waals surface area (Å²) in [6.45, 7) is 2.54. The Labute approximate surface area is 168 Å². The molecule has 0 fully saturated rings. The van der Waals surface area contributed by atoms with E-state index < -0.39 is 18.1 Å². The number of amides is 1. The maximum atomic E-state index is 12.9. The molecule has 0 aliphatic carbocycles. The second-order valence-electron chi connectivity index (χ2n) is 7.11. The highest BCUT2D eigenvalue weighted by Gasteiger charge is 2.32. The standard InChI is InChI=1S/C22H22N2O5/c1-12(25)19(22(27)28-2)24-20(13-7-8-14-10-29-11-15(14)9-13)18-16-5-3-4-6-17(16)23-21(18)26/h3-9,12,19,24-25H,10-11H2,1-2H3,(H,23,26). The van der Waals surface area contributed by atoms with Gasteiger partial charge in [0.1, 0.15) is 0 Å². The fraction of sp³-hybridized carbons (Fsp3) is 0.273. The minimum Gasteiger partial charge on any atom is -0.467 e. The summed E-state index contributed by atoms with van der Waals surface area (Å²) in [4.78, 5) is 25.1. The number of nitrogens with one attached hydrogen (secondary N) is 2. The van der Waals surface area contributed by atoms with Gasteiger partial charge in [-0.25, -0.2) is 4.79 Å². The van der Waals surface area contributed by atoms with Gasteiger partial charge in [0.25, 0.3) is 5.91 Å². The third kappa shape index (κ3) is 3.50. The first-order valence-electron chi connectivity index (χ1n) is 9.37. The number of para-hydroxylation sites is 1. The normalized spacial score (nSPS) is 18.4. The summed E-state index contributed by atoms with van der Waals surface area (Å²) >= 11 is 0. The van der Waals surface area contributed by atoms with Crippen LogP contribution in [0.25, 0.3) is 11.3 Å². The summed E-state index contributed by atoms with van der Waals surface area (Å²) in [6, 6.07) is 12.1. The van der Waals surface area contributed by atoms with Crippen molar-refractivity contribution in [1.29, 1.82) is 0 Å². The van der Waals surface area contributed by atoms with Crippen molar-refractivity contribution in [2.45, 2.75) is 32.3 Å². The first kappa shape index (κ1) is 19.2. The average molecular weight is 394 g/mol. The smallest absolute Gasteiger partial charge is 0.330 e. The predicted octanol–water partition coefficient (Wildman–Crippen LogP) is 2.05. The van der Waals surface area contributed by atoms with E-state index in [1.807, 2.05) is 42.5 Å². The van der Waals surface area contributed by atoms with Crippen molar-refractivity contribution in [3.05, 3.63) is 64.7 Å². The number of aliphatic hydroxyl groups excluding tert-OH is 1. The van der Waals surface area contributed by atoms with Gasteiger partial charge < -0.3 is 25.2 Å². The maximum absolute atomic E-state index is 12.9. The van der Waals surface area contributed by atoms with Crippen LogP contribution in [0.5, 0.6) is 0 Å². The Morgan fingerprint density at radius 1 is 1.21 bits per heavy atom. The number of anilines is 1. The van der Waals surface area contributed by atoms with Crippen LogP contribution in [-0.4, -0.2) is 36.2 Å². The highest BCUT2D eigenvalue weighted by atomic mass is 16.5. The summed E-state index contributed by atoms with van der Waals surface area (Å²) in [6.07, 6.45) is -1.03. The molecule has 0 saturated carbocycles. The molecule has 0 bridgehead atoms. The molecule has 0 radical (unpaired) electrons. The molecule has 2 aromatic carbocycles. The highest BCUT2D eigenvalue weighted by molar-refractivity contribution is 6.36. The molecule has 2 unspecified atom stereocenters. The van der Waals surface area contributed by atoms with E-state index >= 15 is 0 Å². The number of benzene rings is 2. The number of rotatable bonds is 5. The lowest BCUT2D eigenvalue weighted by Crippen LogP contribution is -2.45. The van der Waals surface area contributed by atoms with Crippen molar-refractivity contribution in [2.75, 3.05) is 12.4 Å². The van der Waals surface area contributed by atoms with Crippen molar-refractivity contribution in [3.63, 3.8) is 0 Å². The van der Waals surface area contributed by atoms with Crippen LogP contribution in [0.4, 0.5) is 5.69 Å². The van der Waals surface area contributed by atoms with Gasteiger partial charge in [-0.15, -0.1) is 0 Å². The molecule has 150 valence electrons. The second kappa shape index (κ2) is 7.69. The zero-order valence-electron chi connectivity index (χ0n) is 16.2. The zero-order chi connectivity index (χ0) is 20.5. The SMILES string of the molecule is COC(=O)C(NC(=C1C(=O)Nc2ccccc21)c1ccc2c(c1)COC2)C(C)O. The minimum absolute atomic E-state index is 0.278. The van der Waals surface area contributed by atoms with Crippen LogP contribution in [0.15, 0.2) is 42.5 Å². The molecule has 2 aromatic rings. The van der Waals surface area contributed by atoms with Gasteiger partial charge in [-0.2, -0.15) is 0 Å². The lowest BCUT2D eigenvalue weighted by atomic mass is 9.97. The molecule has 2 atom stereocenters. The van der Waals surface area contributed by atoms with Gasteiger partial charge in [0.15, 0.2) is 6.04 Å². The number of aliphatic hydroxyl groups is 1. The number of carbonyl (C=O) groups is 2. The molecule has 7 heteroatoms. The number of carbonyl (C=O) groups excluding carboxylic acids is 2. The van der Waals surface area contributed by atoms with Gasteiger partial charge in [-0.3, -0.25) is 4.79 Å². The van der Waals surface area contributed by atoms with Crippen molar-refractivity contribution in [1.82, 2.24) is 5.32 Å². The van der Waals surface area contributed by atoms with Crippen molar-refractivity contribution < 1.29 is 24.2 Å². The van der Waals surface area contributed by atoms with Gasteiger partial charge in [0.2, 0.25) is 0 Å². The molecular weight excluding hydrogens is 372 g/mol. The van der Waals surface area contributed by atoms with Gasteiger partial charge in [-0.05, 0) is 35.7 Å². The third-order valence-corrected chi connectivity index (χ3v) is 5.17. The van der Waals surface area contributed by atoms with E-state index in [-0.39, 0.29) is 5.91 Å². The van der Waals surface area contributed by atoms with Crippen LogP contribution < -0.4 is 10.6 Å². The molecule has 2 aliphatic heterocycles. The van der Waals surface area contributed by atoms with E-state index in [1.165, 1.54) is 14.0 Å². The molecule has 29 heavy (non-hydrogen) atoms. The Morgan fingerprint density at radius 3 is 2.72 bits per heavy atom. The molecule has 1 amide bonds. The Balaban J connectivity index is 1.88. The van der Waals surface area contributed by atoms with Crippen LogP contribution in [-0.2, 0) is 32.3 Å². The summed E-state index contributed by atoms with van der Waals surface area (Å²) < 4.78 is 10.3. The highest BCUT2D eigenvalue weighted by Crippen LogP contribution is 2.37. The van der Waals surface area contributed by atoms with E-state index in [9.17, 15) is 14.7 Å². The minimum atomic E-state index is -1.03. The summed E-state index contributed by atoms with van der Waals surface area (Å²) in [5.74, 6) is -0.894. The van der Waals surface area contributed by atoms with Crippen LogP contribution in [0.2, 0.25) is 0 Å². The van der Waals surface area contributed by atoms with Gasteiger partial charge in [0.05, 0.1) is 37.7 Å². The number of hydrogen-bond donors (Lipinski definition) is 3. The lowest BCUT2D eigenvalue weighted by Gasteiger charge is -2.24. The number of ether oxygens (including phenoxy) is 2. The number of hydrogen-bond acceptors (Lipinski definition) is 6. The number of esters is 1. The Bertz CT molecular complexity index is 1010. The molecule has 2 aliphatic rings. The first-order valence-corrected chi connectivity index (χ1v) is 9.37. The number of methoxy groups -OCH3 is 1. The molecule has 0 spiro atoms. The van der Waals surface area contributed by atoms with Crippen molar-refractivity contribution >= 4 is 28.8 Å². The molecule has 3 N–H and O–H groups in total. The average Bonchev–Trinajstić information content (AvgIpc) is 3.31. The zero-order valence-corrected chi connectivity index (χ0v) is 16.2. The second-order valence-corrected chi connectivity index (χ2v) is 7.11. The third-order valence-electron chi connectivity index (χ3n) is 5.17.